The molecule has 0 bridgehead atoms. The number of aliphatic hydroxyl groups excluding tert-OH is 2. The molecule has 0 heterocycles. The minimum absolute atomic E-state index is 0.243. The third-order valence-electron chi connectivity index (χ3n) is 9.96. The molecule has 5 rings (SSSR count). The van der Waals surface area contributed by atoms with E-state index in [1.54, 1.807) is 57.3 Å². The highest BCUT2D eigenvalue weighted by Crippen LogP contribution is 2.77. The number of nitrogens with one attached hydrogen (secondary N) is 1. The van der Waals surface area contributed by atoms with Gasteiger partial charge in [0, 0.05) is 48.7 Å². The van der Waals surface area contributed by atoms with Crippen LogP contribution in [-0.2, 0) is 19.1 Å². The molecule has 0 aliphatic heterocycles. The molecule has 9 atom stereocenters. The number of para-hydroxylation sites is 1. The Morgan fingerprint density at radius 1 is 1.13 bits per heavy atom. The van der Waals surface area contributed by atoms with E-state index in [2.05, 4.69) is 5.32 Å². The standard InChI is InChI=1S/C30H37NO8/c1-14-11-19-22(23(14)34)24(35)17(13-32)12-20-25-28(4,5)30(25,39-16(3)33)26(15(2)29(19,20)37)38-27(36)18-9-7-8-10-21(18)31-6/h7-12,15,19-20,22,24-26,31-32,35,37H,13H2,1-6H3/t15-,19-,20+,22+,24-,25-,26-,29+,30-/m1/s1. The highest BCUT2D eigenvalue weighted by atomic mass is 16.6. The number of benzene rings is 1. The predicted octanol–water partition coefficient (Wildman–Crippen LogP) is 2.26. The van der Waals surface area contributed by atoms with Gasteiger partial charge in [0.05, 0.1) is 29.8 Å². The second kappa shape index (κ2) is 9.01. The predicted molar refractivity (Wildman–Crippen MR) is 141 cm³/mol. The number of aliphatic hydroxyl groups is 3. The smallest absolute Gasteiger partial charge is 0.340 e. The second-order valence-electron chi connectivity index (χ2n) is 12.0. The molecule has 0 saturated heterocycles. The van der Waals surface area contributed by atoms with Gasteiger partial charge in [-0.3, -0.25) is 9.59 Å². The molecule has 2 fully saturated rings. The number of allylic oxidation sites excluding steroid dienone is 1. The van der Waals surface area contributed by atoms with Gasteiger partial charge in [0.15, 0.2) is 11.4 Å². The van der Waals surface area contributed by atoms with Crippen LogP contribution in [0.5, 0.6) is 0 Å². The van der Waals surface area contributed by atoms with Crippen molar-refractivity contribution in [1.82, 2.24) is 0 Å². The summed E-state index contributed by atoms with van der Waals surface area (Å²) < 4.78 is 12.3. The fourth-order valence-corrected chi connectivity index (χ4v) is 8.08. The van der Waals surface area contributed by atoms with Crippen molar-refractivity contribution in [3.05, 3.63) is 53.1 Å². The van der Waals surface area contributed by atoms with E-state index in [9.17, 15) is 29.7 Å². The maximum Gasteiger partial charge on any atom is 0.340 e. The Bertz CT molecular complexity index is 1300. The van der Waals surface area contributed by atoms with Gasteiger partial charge in [-0.05, 0) is 30.2 Å². The third-order valence-corrected chi connectivity index (χ3v) is 9.96. The number of rotatable bonds is 5. The zero-order valence-corrected chi connectivity index (χ0v) is 23.1. The Morgan fingerprint density at radius 2 is 1.79 bits per heavy atom. The number of carbonyl (C=O) groups is 3. The van der Waals surface area contributed by atoms with Crippen LogP contribution in [0.3, 0.4) is 0 Å². The van der Waals surface area contributed by atoms with Gasteiger partial charge in [-0.2, -0.15) is 0 Å². The first-order valence-corrected chi connectivity index (χ1v) is 13.4. The van der Waals surface area contributed by atoms with E-state index < -0.39 is 77.0 Å². The molecular weight excluding hydrogens is 502 g/mol. The van der Waals surface area contributed by atoms with Crippen LogP contribution in [0.4, 0.5) is 5.69 Å². The summed E-state index contributed by atoms with van der Waals surface area (Å²) in [5.74, 6) is -5.34. The van der Waals surface area contributed by atoms with Crippen molar-refractivity contribution < 1.29 is 39.2 Å². The Hall–Kier alpha value is -3.01. The molecule has 1 aromatic rings. The van der Waals surface area contributed by atoms with Crippen LogP contribution in [-0.4, -0.2) is 70.1 Å². The zero-order valence-electron chi connectivity index (χ0n) is 23.1. The molecule has 2 saturated carbocycles. The molecule has 4 N–H and O–H groups in total. The van der Waals surface area contributed by atoms with Crippen LogP contribution in [0, 0.1) is 35.0 Å². The second-order valence-corrected chi connectivity index (χ2v) is 12.0. The molecule has 0 radical (unpaired) electrons. The zero-order chi connectivity index (χ0) is 28.7. The highest BCUT2D eigenvalue weighted by molar-refractivity contribution is 6.00. The minimum Gasteiger partial charge on any atom is -0.454 e. The van der Waals surface area contributed by atoms with Crippen molar-refractivity contribution in [1.29, 1.82) is 0 Å². The molecule has 0 spiro atoms. The van der Waals surface area contributed by atoms with Gasteiger partial charge in [0.25, 0.3) is 0 Å². The van der Waals surface area contributed by atoms with E-state index in [1.807, 2.05) is 13.8 Å². The maximum absolute atomic E-state index is 13.6. The number of carbonyl (C=O) groups excluding carboxylic acids is 3. The molecule has 210 valence electrons. The SMILES string of the molecule is CNc1ccccc1C(=O)O[C@@H]1[C@@H](C)[C@]2(O)[C@@H]3C=C(C)C(=O)[C@H]3[C@H](O)C(CO)=C[C@H]2[C@@H]2C(C)(C)[C@]12OC(C)=O. The summed E-state index contributed by atoms with van der Waals surface area (Å²) in [6, 6.07) is 6.87. The summed E-state index contributed by atoms with van der Waals surface area (Å²) in [7, 11) is 1.69. The highest BCUT2D eigenvalue weighted by Gasteiger charge is 2.87. The normalized spacial score (nSPS) is 39.7. The Kier molecular flexibility index (Phi) is 6.36. The summed E-state index contributed by atoms with van der Waals surface area (Å²) in [5.41, 5.74) is -2.17. The lowest BCUT2D eigenvalue weighted by atomic mass is 9.59. The van der Waals surface area contributed by atoms with Crippen LogP contribution in [0.25, 0.3) is 0 Å². The number of Topliss-reactive ketones (excluding diaryl/α,β-unsaturated/α-hetero) is 1. The summed E-state index contributed by atoms with van der Waals surface area (Å²) in [4.78, 5) is 39.3. The molecule has 0 unspecified atom stereocenters. The number of hydrogen-bond donors (Lipinski definition) is 4. The van der Waals surface area contributed by atoms with Crippen molar-refractivity contribution in [2.24, 2.45) is 35.0 Å². The maximum atomic E-state index is 13.6. The lowest BCUT2D eigenvalue weighted by Gasteiger charge is -2.52. The monoisotopic (exact) mass is 539 g/mol. The minimum atomic E-state index is -1.66. The van der Waals surface area contributed by atoms with Gasteiger partial charge in [-0.25, -0.2) is 4.79 Å². The number of ether oxygens (including phenoxy) is 2. The van der Waals surface area contributed by atoms with Crippen molar-refractivity contribution in [2.45, 2.75) is 58.0 Å². The summed E-state index contributed by atoms with van der Waals surface area (Å²) in [6.45, 7) is 7.97. The molecular formula is C30H37NO8. The van der Waals surface area contributed by atoms with Gasteiger partial charge in [0.2, 0.25) is 0 Å². The summed E-state index contributed by atoms with van der Waals surface area (Å²) >= 11 is 0. The quantitative estimate of drug-likeness (QED) is 0.327. The fraction of sp³-hybridized carbons (Fsp3) is 0.567. The molecule has 4 aliphatic carbocycles. The van der Waals surface area contributed by atoms with Crippen LogP contribution in [0.1, 0.15) is 45.0 Å². The Balaban J connectivity index is 1.69. The lowest BCUT2D eigenvalue weighted by molar-refractivity contribution is -0.208. The molecule has 39 heavy (non-hydrogen) atoms. The first kappa shape index (κ1) is 27.6. The topological polar surface area (TPSA) is 142 Å². The van der Waals surface area contributed by atoms with Crippen molar-refractivity contribution in [2.75, 3.05) is 19.0 Å². The van der Waals surface area contributed by atoms with Gasteiger partial charge in [0.1, 0.15) is 6.10 Å². The van der Waals surface area contributed by atoms with Gasteiger partial charge in [-0.15, -0.1) is 0 Å². The van der Waals surface area contributed by atoms with Crippen LogP contribution in [0.15, 0.2) is 47.6 Å². The van der Waals surface area contributed by atoms with E-state index in [1.165, 1.54) is 6.92 Å². The van der Waals surface area contributed by atoms with E-state index in [0.717, 1.165) is 0 Å². The molecule has 0 amide bonds. The number of fused-ring (bicyclic) bond motifs is 5. The van der Waals surface area contributed by atoms with E-state index in [4.69, 9.17) is 9.47 Å². The average molecular weight is 540 g/mol. The average Bonchev–Trinajstić information content (AvgIpc) is 3.24. The molecule has 1 aromatic carbocycles. The van der Waals surface area contributed by atoms with Crippen LogP contribution < -0.4 is 5.32 Å². The largest absolute Gasteiger partial charge is 0.454 e. The van der Waals surface area contributed by atoms with Gasteiger partial charge >= 0.3 is 11.9 Å². The van der Waals surface area contributed by atoms with Crippen molar-refractivity contribution in [3.63, 3.8) is 0 Å². The molecule has 9 heteroatoms. The van der Waals surface area contributed by atoms with E-state index in [0.29, 0.717) is 11.3 Å². The number of esters is 2. The van der Waals surface area contributed by atoms with Gasteiger partial charge in [-0.1, -0.05) is 45.1 Å². The number of ketones is 1. The fourth-order valence-electron chi connectivity index (χ4n) is 8.08. The number of anilines is 1. The number of hydrogen-bond acceptors (Lipinski definition) is 9. The Labute approximate surface area is 227 Å². The van der Waals surface area contributed by atoms with Crippen molar-refractivity contribution in [3.8, 4) is 0 Å². The molecule has 4 aliphatic rings. The third kappa shape index (κ3) is 3.52. The first-order valence-electron chi connectivity index (χ1n) is 13.4. The Morgan fingerprint density at radius 3 is 2.41 bits per heavy atom. The van der Waals surface area contributed by atoms with Gasteiger partial charge < -0.3 is 30.1 Å². The molecule has 9 nitrogen and oxygen atoms in total. The summed E-state index contributed by atoms with van der Waals surface area (Å²) in [6.07, 6.45) is 0.988. The van der Waals surface area contributed by atoms with Crippen LogP contribution in [0.2, 0.25) is 0 Å². The van der Waals surface area contributed by atoms with E-state index >= 15 is 0 Å². The first-order chi connectivity index (χ1) is 18.3. The van der Waals surface area contributed by atoms with Crippen LogP contribution >= 0.6 is 0 Å². The van der Waals surface area contributed by atoms with Crippen molar-refractivity contribution >= 4 is 23.4 Å². The lowest BCUT2D eigenvalue weighted by Crippen LogP contribution is -2.64. The molecule has 0 aromatic heterocycles. The van der Waals surface area contributed by atoms with E-state index in [-0.39, 0.29) is 16.9 Å². The summed E-state index contributed by atoms with van der Waals surface area (Å²) in [5, 5.41) is 37.1.